The average Bonchev–Trinajstić information content (AvgIpc) is 2.19. The molecule has 0 unspecified atom stereocenters. The molecule has 1 heterocycles. The van der Waals surface area contributed by atoms with Crippen molar-refractivity contribution >= 4 is 5.82 Å². The maximum absolute atomic E-state index is 10.6. The second kappa shape index (κ2) is 4.72. The van der Waals surface area contributed by atoms with Gasteiger partial charge in [-0.15, -0.1) is 0 Å². The molecule has 0 aliphatic rings. The first kappa shape index (κ1) is 11.4. The Morgan fingerprint density at radius 3 is 2.80 bits per heavy atom. The lowest BCUT2D eigenvalue weighted by Gasteiger charge is -2.15. The van der Waals surface area contributed by atoms with E-state index in [0.717, 1.165) is 5.82 Å². The largest absolute Gasteiger partial charge is 0.370 e. The van der Waals surface area contributed by atoms with Crippen LogP contribution in [0, 0.1) is 10.1 Å². The number of hydrogen-bond donors (Lipinski definition) is 1. The highest BCUT2D eigenvalue weighted by Crippen LogP contribution is 2.13. The zero-order chi connectivity index (χ0) is 11.3. The van der Waals surface area contributed by atoms with E-state index in [2.05, 4.69) is 10.3 Å². The first-order chi connectivity index (χ1) is 7.02. The van der Waals surface area contributed by atoms with Crippen molar-refractivity contribution in [3.63, 3.8) is 0 Å². The Labute approximate surface area is 88.7 Å². The monoisotopic (exact) mass is 209 g/mol. The Kier molecular flexibility index (Phi) is 3.60. The van der Waals surface area contributed by atoms with Crippen LogP contribution in [-0.4, -0.2) is 22.0 Å². The molecule has 0 saturated heterocycles. The summed E-state index contributed by atoms with van der Waals surface area (Å²) in [6, 6.07) is 5.53. The van der Waals surface area contributed by atoms with E-state index in [1.807, 2.05) is 18.2 Å². The summed E-state index contributed by atoms with van der Waals surface area (Å²) in [7, 11) is 0. The summed E-state index contributed by atoms with van der Waals surface area (Å²) in [6.45, 7) is 3.78. The van der Waals surface area contributed by atoms with Crippen LogP contribution in [0.25, 0.3) is 0 Å². The fourth-order valence-corrected chi connectivity index (χ4v) is 1.06. The topological polar surface area (TPSA) is 68.1 Å². The molecule has 5 nitrogen and oxygen atoms in total. The van der Waals surface area contributed by atoms with Crippen LogP contribution in [-0.2, 0) is 0 Å². The van der Waals surface area contributed by atoms with E-state index in [4.69, 9.17) is 0 Å². The lowest BCUT2D eigenvalue weighted by Crippen LogP contribution is -2.33. The number of rotatable bonds is 5. The molecule has 0 spiro atoms. The van der Waals surface area contributed by atoms with Gasteiger partial charge < -0.3 is 5.32 Å². The maximum Gasteiger partial charge on any atom is 0.218 e. The third kappa shape index (κ3) is 3.53. The first-order valence-electron chi connectivity index (χ1n) is 4.82. The highest BCUT2D eigenvalue weighted by atomic mass is 16.6. The Morgan fingerprint density at radius 1 is 1.53 bits per heavy atom. The zero-order valence-corrected chi connectivity index (χ0v) is 8.93. The van der Waals surface area contributed by atoms with Gasteiger partial charge in [-0.2, -0.15) is 0 Å². The standard InChI is InChI=1S/C10H15N3O2/c1-10(2,13(14)15)6-8-12-9-5-3-4-7-11-9/h3-5,7H,6,8H2,1-2H3,(H,11,12). The van der Waals surface area contributed by atoms with Crippen molar-refractivity contribution in [1.82, 2.24) is 4.98 Å². The lowest BCUT2D eigenvalue weighted by atomic mass is 10.0. The van der Waals surface area contributed by atoms with E-state index < -0.39 is 5.54 Å². The van der Waals surface area contributed by atoms with Gasteiger partial charge in [0.05, 0.1) is 0 Å². The normalized spacial score (nSPS) is 11.1. The third-order valence-corrected chi connectivity index (χ3v) is 2.20. The summed E-state index contributed by atoms with van der Waals surface area (Å²) in [5.74, 6) is 0.747. The molecule has 1 rings (SSSR count). The summed E-state index contributed by atoms with van der Waals surface area (Å²) in [6.07, 6.45) is 2.15. The van der Waals surface area contributed by atoms with Crippen LogP contribution in [0.1, 0.15) is 20.3 Å². The molecule has 1 aromatic heterocycles. The minimum absolute atomic E-state index is 0.257. The molecule has 0 atom stereocenters. The molecule has 5 heteroatoms. The van der Waals surface area contributed by atoms with Crippen molar-refractivity contribution in [1.29, 1.82) is 0 Å². The van der Waals surface area contributed by atoms with E-state index in [1.54, 1.807) is 20.0 Å². The predicted molar refractivity (Wildman–Crippen MR) is 58.4 cm³/mol. The average molecular weight is 209 g/mol. The van der Waals surface area contributed by atoms with Crippen molar-refractivity contribution < 1.29 is 4.92 Å². The van der Waals surface area contributed by atoms with Crippen molar-refractivity contribution in [3.8, 4) is 0 Å². The predicted octanol–water partition coefficient (Wildman–Crippen LogP) is 1.94. The van der Waals surface area contributed by atoms with Gasteiger partial charge in [-0.1, -0.05) is 6.07 Å². The SMILES string of the molecule is CC(C)(CCNc1ccccn1)[N+](=O)[O-]. The molecule has 0 fully saturated rings. The van der Waals surface area contributed by atoms with E-state index in [-0.39, 0.29) is 4.92 Å². The number of aromatic nitrogens is 1. The minimum atomic E-state index is -0.887. The van der Waals surface area contributed by atoms with Crippen LogP contribution < -0.4 is 5.32 Å². The van der Waals surface area contributed by atoms with Crippen LogP contribution in [0.3, 0.4) is 0 Å². The second-order valence-corrected chi connectivity index (χ2v) is 3.96. The van der Waals surface area contributed by atoms with Crippen molar-refractivity contribution in [2.45, 2.75) is 25.8 Å². The van der Waals surface area contributed by atoms with E-state index in [0.29, 0.717) is 13.0 Å². The molecule has 0 saturated carbocycles. The summed E-state index contributed by atoms with van der Waals surface area (Å²) in [5, 5.41) is 13.7. The molecule has 0 aromatic carbocycles. The van der Waals surface area contributed by atoms with E-state index in [9.17, 15) is 10.1 Å². The Hall–Kier alpha value is -1.65. The lowest BCUT2D eigenvalue weighted by molar-refractivity contribution is -0.560. The smallest absolute Gasteiger partial charge is 0.218 e. The number of nitro groups is 1. The van der Waals surface area contributed by atoms with Crippen molar-refractivity contribution in [2.24, 2.45) is 0 Å². The van der Waals surface area contributed by atoms with Crippen LogP contribution in [0.4, 0.5) is 5.82 Å². The second-order valence-electron chi connectivity index (χ2n) is 3.96. The summed E-state index contributed by atoms with van der Waals surface area (Å²) in [5.41, 5.74) is -0.887. The quantitative estimate of drug-likeness (QED) is 0.594. The fourth-order valence-electron chi connectivity index (χ4n) is 1.06. The van der Waals surface area contributed by atoms with Crippen molar-refractivity contribution in [3.05, 3.63) is 34.5 Å². The molecule has 0 aliphatic carbocycles. The van der Waals surface area contributed by atoms with E-state index in [1.165, 1.54) is 0 Å². The molecule has 1 N–H and O–H groups in total. The Bertz CT molecular complexity index is 325. The molecule has 0 bridgehead atoms. The molecule has 0 aliphatic heterocycles. The van der Waals surface area contributed by atoms with Gasteiger partial charge in [0.1, 0.15) is 5.82 Å². The number of nitrogens with one attached hydrogen (secondary N) is 1. The molecule has 1 aromatic rings. The number of pyridine rings is 1. The Morgan fingerprint density at radius 2 is 2.27 bits per heavy atom. The van der Waals surface area contributed by atoms with Crippen LogP contribution in [0.5, 0.6) is 0 Å². The molecule has 15 heavy (non-hydrogen) atoms. The van der Waals surface area contributed by atoms with Gasteiger partial charge in [-0.05, 0) is 12.1 Å². The highest BCUT2D eigenvalue weighted by Gasteiger charge is 2.29. The minimum Gasteiger partial charge on any atom is -0.370 e. The van der Waals surface area contributed by atoms with Gasteiger partial charge >= 0.3 is 0 Å². The highest BCUT2D eigenvalue weighted by molar-refractivity contribution is 5.32. The van der Waals surface area contributed by atoms with Crippen LogP contribution in [0.2, 0.25) is 0 Å². The molecular formula is C10H15N3O2. The van der Waals surface area contributed by atoms with Crippen LogP contribution >= 0.6 is 0 Å². The molecule has 0 radical (unpaired) electrons. The maximum atomic E-state index is 10.6. The molecular weight excluding hydrogens is 194 g/mol. The number of hydrogen-bond acceptors (Lipinski definition) is 4. The zero-order valence-electron chi connectivity index (χ0n) is 8.93. The summed E-state index contributed by atoms with van der Waals surface area (Å²) >= 11 is 0. The van der Waals surface area contributed by atoms with Crippen LogP contribution in [0.15, 0.2) is 24.4 Å². The van der Waals surface area contributed by atoms with Gasteiger partial charge in [0, 0.05) is 37.9 Å². The number of nitrogens with zero attached hydrogens (tertiary/aromatic N) is 2. The Balaban J connectivity index is 2.37. The molecule has 82 valence electrons. The van der Waals surface area contributed by atoms with Gasteiger partial charge in [0.2, 0.25) is 5.54 Å². The molecule has 0 amide bonds. The van der Waals surface area contributed by atoms with Crippen molar-refractivity contribution in [2.75, 3.05) is 11.9 Å². The fraction of sp³-hybridized carbons (Fsp3) is 0.500. The van der Waals surface area contributed by atoms with Gasteiger partial charge in [0.15, 0.2) is 0 Å². The first-order valence-corrected chi connectivity index (χ1v) is 4.82. The van der Waals surface area contributed by atoms with Gasteiger partial charge in [-0.3, -0.25) is 10.1 Å². The van der Waals surface area contributed by atoms with E-state index >= 15 is 0 Å². The summed E-state index contributed by atoms with van der Waals surface area (Å²) in [4.78, 5) is 14.4. The van der Waals surface area contributed by atoms with Gasteiger partial charge in [0.25, 0.3) is 0 Å². The third-order valence-electron chi connectivity index (χ3n) is 2.20. The summed E-state index contributed by atoms with van der Waals surface area (Å²) < 4.78 is 0. The number of anilines is 1. The van der Waals surface area contributed by atoms with Gasteiger partial charge in [-0.25, -0.2) is 4.98 Å².